The largest absolute Gasteiger partial charge is 0.361 e. The summed E-state index contributed by atoms with van der Waals surface area (Å²) >= 11 is 5.96. The number of aromatic nitrogens is 1. The molecule has 2 aromatic carbocycles. The van der Waals surface area contributed by atoms with E-state index in [0.717, 1.165) is 18.0 Å². The summed E-state index contributed by atoms with van der Waals surface area (Å²) in [5.41, 5.74) is 3.79. The second-order valence-corrected chi connectivity index (χ2v) is 5.69. The maximum atomic E-state index is 5.96. The van der Waals surface area contributed by atoms with Gasteiger partial charge in [-0.15, -0.1) is 0 Å². The van der Waals surface area contributed by atoms with E-state index in [1.807, 2.05) is 18.3 Å². The van der Waals surface area contributed by atoms with Crippen molar-refractivity contribution in [2.45, 2.75) is 25.9 Å². The summed E-state index contributed by atoms with van der Waals surface area (Å²) in [5, 5.41) is 5.72. The Morgan fingerprint density at radius 1 is 1.10 bits per heavy atom. The van der Waals surface area contributed by atoms with E-state index in [-0.39, 0.29) is 0 Å². The standard InChI is InChI=1S/C18H19ClN2/c1-2-17(13-6-8-15(19)9-7-13)21-12-14-4-3-5-18-16(14)10-11-20-18/h3-11,17,20-21H,2,12H2,1H3. The van der Waals surface area contributed by atoms with Gasteiger partial charge in [-0.05, 0) is 41.8 Å². The minimum atomic E-state index is 0.344. The Morgan fingerprint density at radius 3 is 2.67 bits per heavy atom. The molecule has 0 spiro atoms. The van der Waals surface area contributed by atoms with Crippen LogP contribution in [-0.4, -0.2) is 4.98 Å². The molecule has 0 amide bonds. The molecule has 2 N–H and O–H groups in total. The number of halogens is 1. The lowest BCUT2D eigenvalue weighted by molar-refractivity contribution is 0.520. The molecule has 2 nitrogen and oxygen atoms in total. The Hall–Kier alpha value is -1.77. The van der Waals surface area contributed by atoms with Gasteiger partial charge in [0, 0.05) is 34.7 Å². The Bertz CT molecular complexity index is 715. The summed E-state index contributed by atoms with van der Waals surface area (Å²) < 4.78 is 0. The first kappa shape index (κ1) is 14.2. The van der Waals surface area contributed by atoms with Gasteiger partial charge in [0.15, 0.2) is 0 Å². The highest BCUT2D eigenvalue weighted by Crippen LogP contribution is 2.22. The topological polar surface area (TPSA) is 27.8 Å². The van der Waals surface area contributed by atoms with E-state index in [0.29, 0.717) is 6.04 Å². The molecular formula is C18H19ClN2. The number of nitrogens with one attached hydrogen (secondary N) is 2. The molecule has 0 aliphatic carbocycles. The Morgan fingerprint density at radius 2 is 1.90 bits per heavy atom. The summed E-state index contributed by atoms with van der Waals surface area (Å²) in [5.74, 6) is 0. The number of hydrogen-bond acceptors (Lipinski definition) is 1. The Kier molecular flexibility index (Phi) is 4.28. The fourth-order valence-electron chi connectivity index (χ4n) is 2.73. The van der Waals surface area contributed by atoms with E-state index in [9.17, 15) is 0 Å². The van der Waals surface area contributed by atoms with Crippen LogP contribution in [0.1, 0.15) is 30.5 Å². The molecule has 1 heterocycles. The van der Waals surface area contributed by atoms with E-state index in [1.54, 1.807) is 0 Å². The lowest BCUT2D eigenvalue weighted by Crippen LogP contribution is -2.20. The summed E-state index contributed by atoms with van der Waals surface area (Å²) in [6, 6.07) is 17.0. The second-order valence-electron chi connectivity index (χ2n) is 5.25. The van der Waals surface area contributed by atoms with Crippen molar-refractivity contribution in [3.05, 3.63) is 70.9 Å². The van der Waals surface area contributed by atoms with Crippen molar-refractivity contribution in [3.63, 3.8) is 0 Å². The third-order valence-electron chi connectivity index (χ3n) is 3.90. The third kappa shape index (κ3) is 3.12. The minimum absolute atomic E-state index is 0.344. The highest BCUT2D eigenvalue weighted by Gasteiger charge is 2.09. The Labute approximate surface area is 130 Å². The van der Waals surface area contributed by atoms with Crippen LogP contribution in [0.25, 0.3) is 10.9 Å². The maximum absolute atomic E-state index is 5.96. The lowest BCUT2D eigenvalue weighted by atomic mass is 10.0. The zero-order valence-corrected chi connectivity index (χ0v) is 12.8. The van der Waals surface area contributed by atoms with Crippen molar-refractivity contribution in [1.82, 2.24) is 10.3 Å². The SMILES string of the molecule is CCC(NCc1cccc2[nH]ccc12)c1ccc(Cl)cc1. The van der Waals surface area contributed by atoms with E-state index >= 15 is 0 Å². The van der Waals surface area contributed by atoms with Gasteiger partial charge in [-0.25, -0.2) is 0 Å². The molecule has 21 heavy (non-hydrogen) atoms. The van der Waals surface area contributed by atoms with E-state index < -0.39 is 0 Å². The summed E-state index contributed by atoms with van der Waals surface area (Å²) in [6.07, 6.45) is 3.04. The quantitative estimate of drug-likeness (QED) is 0.677. The van der Waals surface area contributed by atoms with Crippen molar-refractivity contribution in [2.24, 2.45) is 0 Å². The number of aromatic amines is 1. The maximum Gasteiger partial charge on any atom is 0.0457 e. The normalized spacial score (nSPS) is 12.7. The smallest absolute Gasteiger partial charge is 0.0457 e. The van der Waals surface area contributed by atoms with Crippen LogP contribution in [0.5, 0.6) is 0 Å². The van der Waals surface area contributed by atoms with Crippen LogP contribution in [0.3, 0.4) is 0 Å². The average molecular weight is 299 g/mol. The van der Waals surface area contributed by atoms with E-state index in [4.69, 9.17) is 11.6 Å². The van der Waals surface area contributed by atoms with Crippen LogP contribution in [-0.2, 0) is 6.54 Å². The number of hydrogen-bond donors (Lipinski definition) is 2. The first-order valence-corrected chi connectivity index (χ1v) is 7.69. The van der Waals surface area contributed by atoms with Crippen LogP contribution >= 0.6 is 11.6 Å². The first-order chi connectivity index (χ1) is 10.3. The van der Waals surface area contributed by atoms with Gasteiger partial charge in [0.1, 0.15) is 0 Å². The molecular weight excluding hydrogens is 280 g/mol. The molecule has 0 aliphatic rings. The molecule has 1 unspecified atom stereocenters. The molecule has 0 radical (unpaired) electrons. The van der Waals surface area contributed by atoms with Gasteiger partial charge in [-0.2, -0.15) is 0 Å². The number of rotatable bonds is 5. The molecule has 0 saturated carbocycles. The molecule has 0 fully saturated rings. The van der Waals surface area contributed by atoms with E-state index in [2.05, 4.69) is 53.6 Å². The zero-order chi connectivity index (χ0) is 14.7. The first-order valence-electron chi connectivity index (χ1n) is 7.31. The number of benzene rings is 2. The molecule has 0 saturated heterocycles. The summed E-state index contributed by atoms with van der Waals surface area (Å²) in [7, 11) is 0. The molecule has 1 aromatic heterocycles. The van der Waals surface area contributed by atoms with Crippen molar-refractivity contribution in [3.8, 4) is 0 Å². The van der Waals surface area contributed by atoms with Crippen molar-refractivity contribution >= 4 is 22.5 Å². The molecule has 1 atom stereocenters. The highest BCUT2D eigenvalue weighted by atomic mass is 35.5. The average Bonchev–Trinajstić information content (AvgIpc) is 2.99. The van der Waals surface area contributed by atoms with Crippen LogP contribution < -0.4 is 5.32 Å². The molecule has 3 heteroatoms. The van der Waals surface area contributed by atoms with Crippen LogP contribution in [0.2, 0.25) is 5.02 Å². The highest BCUT2D eigenvalue weighted by molar-refractivity contribution is 6.30. The van der Waals surface area contributed by atoms with Crippen molar-refractivity contribution < 1.29 is 0 Å². The fourth-order valence-corrected chi connectivity index (χ4v) is 2.86. The molecule has 108 valence electrons. The molecule has 3 rings (SSSR count). The Balaban J connectivity index is 1.76. The molecule has 0 aliphatic heterocycles. The van der Waals surface area contributed by atoms with Gasteiger partial charge < -0.3 is 10.3 Å². The van der Waals surface area contributed by atoms with Crippen molar-refractivity contribution in [1.29, 1.82) is 0 Å². The van der Waals surface area contributed by atoms with Gasteiger partial charge in [-0.3, -0.25) is 0 Å². The number of fused-ring (bicyclic) bond motifs is 1. The third-order valence-corrected chi connectivity index (χ3v) is 4.16. The van der Waals surface area contributed by atoms with Crippen molar-refractivity contribution in [2.75, 3.05) is 0 Å². The van der Waals surface area contributed by atoms with E-state index in [1.165, 1.54) is 22.0 Å². The number of H-pyrrole nitrogens is 1. The lowest BCUT2D eigenvalue weighted by Gasteiger charge is -2.18. The van der Waals surface area contributed by atoms with Crippen LogP contribution in [0, 0.1) is 0 Å². The van der Waals surface area contributed by atoms with Crippen LogP contribution in [0.15, 0.2) is 54.7 Å². The molecule has 3 aromatic rings. The van der Waals surface area contributed by atoms with Gasteiger partial charge >= 0.3 is 0 Å². The zero-order valence-electron chi connectivity index (χ0n) is 12.1. The summed E-state index contributed by atoms with van der Waals surface area (Å²) in [6.45, 7) is 3.06. The van der Waals surface area contributed by atoms with Gasteiger partial charge in [0.25, 0.3) is 0 Å². The monoisotopic (exact) mass is 298 g/mol. The summed E-state index contributed by atoms with van der Waals surface area (Å²) in [4.78, 5) is 3.26. The second kappa shape index (κ2) is 6.33. The minimum Gasteiger partial charge on any atom is -0.361 e. The molecule has 0 bridgehead atoms. The van der Waals surface area contributed by atoms with Gasteiger partial charge in [0.05, 0.1) is 0 Å². The van der Waals surface area contributed by atoms with Gasteiger partial charge in [-0.1, -0.05) is 42.8 Å². The predicted molar refractivity (Wildman–Crippen MR) is 89.6 cm³/mol. The van der Waals surface area contributed by atoms with Crippen LogP contribution in [0.4, 0.5) is 0 Å². The predicted octanol–water partition coefficient (Wildman–Crippen LogP) is 5.06. The fraction of sp³-hybridized carbons (Fsp3) is 0.222. The van der Waals surface area contributed by atoms with Gasteiger partial charge in [0.2, 0.25) is 0 Å².